The Labute approximate surface area is 126 Å². The zero-order chi connectivity index (χ0) is 16.2. The van der Waals surface area contributed by atoms with Crippen LogP contribution < -0.4 is 10.6 Å². The number of halogens is 3. The van der Waals surface area contributed by atoms with Crippen molar-refractivity contribution < 1.29 is 23.1 Å². The number of hydrogen-bond acceptors (Lipinski definition) is 2. The number of aliphatic hydroxyl groups is 1. The molecule has 2 amide bonds. The van der Waals surface area contributed by atoms with Crippen LogP contribution in [-0.4, -0.2) is 29.8 Å². The predicted molar refractivity (Wildman–Crippen MR) is 74.8 cm³/mol. The van der Waals surface area contributed by atoms with Crippen molar-refractivity contribution in [1.82, 2.24) is 10.6 Å². The van der Waals surface area contributed by atoms with E-state index in [0.717, 1.165) is 25.0 Å². The first-order chi connectivity index (χ1) is 10.4. The average Bonchev–Trinajstić information content (AvgIpc) is 2.90. The molecule has 7 heteroatoms. The molecule has 0 unspecified atom stereocenters. The summed E-state index contributed by atoms with van der Waals surface area (Å²) in [7, 11) is 0. The molecule has 3 N–H and O–H groups in total. The quantitative estimate of drug-likeness (QED) is 0.730. The van der Waals surface area contributed by atoms with E-state index in [0.29, 0.717) is 12.8 Å². The van der Waals surface area contributed by atoms with Crippen molar-refractivity contribution in [3.8, 4) is 0 Å². The number of carbonyl (C=O) groups is 1. The Morgan fingerprint density at radius 2 is 1.73 bits per heavy atom. The van der Waals surface area contributed by atoms with Crippen LogP contribution >= 0.6 is 0 Å². The van der Waals surface area contributed by atoms with E-state index in [2.05, 4.69) is 10.6 Å². The van der Waals surface area contributed by atoms with Gasteiger partial charge in [-0.15, -0.1) is 0 Å². The molecule has 2 rings (SSSR count). The summed E-state index contributed by atoms with van der Waals surface area (Å²) >= 11 is 0. The van der Waals surface area contributed by atoms with E-state index < -0.39 is 29.1 Å². The van der Waals surface area contributed by atoms with Crippen LogP contribution in [-0.2, 0) is 6.42 Å². The number of hydrogen-bond donors (Lipinski definition) is 3. The maximum atomic E-state index is 13.0. The standard InChI is InChI=1S/C15H19F3N2O2/c16-11-7-10(8-12(17)13(11)18)3-6-19-14(21)20-9-15(22)4-1-2-5-15/h7-8,22H,1-6,9H2,(H2,19,20,21). The third-order valence-corrected chi connectivity index (χ3v) is 3.86. The molecule has 0 bridgehead atoms. The summed E-state index contributed by atoms with van der Waals surface area (Å²) < 4.78 is 38.8. The molecule has 0 atom stereocenters. The Hall–Kier alpha value is -1.76. The molecule has 0 spiro atoms. The van der Waals surface area contributed by atoms with Gasteiger partial charge in [0.25, 0.3) is 0 Å². The molecule has 122 valence electrons. The number of amides is 2. The van der Waals surface area contributed by atoms with Gasteiger partial charge in [0.2, 0.25) is 0 Å². The molecule has 0 aromatic heterocycles. The van der Waals surface area contributed by atoms with Crippen LogP contribution in [0, 0.1) is 17.5 Å². The van der Waals surface area contributed by atoms with Crippen LogP contribution in [0.4, 0.5) is 18.0 Å². The topological polar surface area (TPSA) is 61.4 Å². The van der Waals surface area contributed by atoms with E-state index >= 15 is 0 Å². The van der Waals surface area contributed by atoms with Crippen molar-refractivity contribution in [2.75, 3.05) is 13.1 Å². The predicted octanol–water partition coefficient (Wildman–Crippen LogP) is 2.25. The summed E-state index contributed by atoms with van der Waals surface area (Å²) in [6.07, 6.45) is 3.40. The smallest absolute Gasteiger partial charge is 0.314 e. The molecule has 22 heavy (non-hydrogen) atoms. The van der Waals surface area contributed by atoms with Gasteiger partial charge in [0.1, 0.15) is 0 Å². The number of benzene rings is 1. The van der Waals surface area contributed by atoms with Crippen LogP contribution in [0.5, 0.6) is 0 Å². The summed E-state index contributed by atoms with van der Waals surface area (Å²) in [5.74, 6) is -4.00. The highest BCUT2D eigenvalue weighted by molar-refractivity contribution is 5.73. The summed E-state index contributed by atoms with van der Waals surface area (Å²) in [6.45, 7) is 0.327. The molecule has 1 fully saturated rings. The van der Waals surface area contributed by atoms with Gasteiger partial charge in [-0.3, -0.25) is 0 Å². The van der Waals surface area contributed by atoms with Crippen LogP contribution in [0.3, 0.4) is 0 Å². The van der Waals surface area contributed by atoms with Crippen LogP contribution in [0.15, 0.2) is 12.1 Å². The van der Waals surface area contributed by atoms with E-state index in [1.54, 1.807) is 0 Å². The normalized spacial score (nSPS) is 16.5. The third kappa shape index (κ3) is 4.37. The monoisotopic (exact) mass is 316 g/mol. The lowest BCUT2D eigenvalue weighted by Crippen LogP contribution is -2.45. The van der Waals surface area contributed by atoms with Gasteiger partial charge in [0, 0.05) is 13.1 Å². The van der Waals surface area contributed by atoms with Gasteiger partial charge in [-0.1, -0.05) is 12.8 Å². The van der Waals surface area contributed by atoms with E-state index in [1.807, 2.05) is 0 Å². The fourth-order valence-corrected chi connectivity index (χ4v) is 2.59. The molecule has 1 aromatic rings. The van der Waals surface area contributed by atoms with Gasteiger partial charge in [-0.25, -0.2) is 18.0 Å². The van der Waals surface area contributed by atoms with Crippen LogP contribution in [0.25, 0.3) is 0 Å². The highest BCUT2D eigenvalue weighted by Gasteiger charge is 2.31. The lowest BCUT2D eigenvalue weighted by atomic mass is 10.0. The molecule has 4 nitrogen and oxygen atoms in total. The zero-order valence-corrected chi connectivity index (χ0v) is 12.1. The maximum absolute atomic E-state index is 13.0. The molecule has 1 saturated carbocycles. The first-order valence-electron chi connectivity index (χ1n) is 7.27. The Morgan fingerprint density at radius 3 is 2.32 bits per heavy atom. The molecular weight excluding hydrogens is 297 g/mol. The largest absolute Gasteiger partial charge is 0.388 e. The molecule has 0 saturated heterocycles. The van der Waals surface area contributed by atoms with E-state index in [4.69, 9.17) is 0 Å². The minimum absolute atomic E-state index is 0.148. The Morgan fingerprint density at radius 1 is 1.14 bits per heavy atom. The second-order valence-corrected chi connectivity index (χ2v) is 5.66. The van der Waals surface area contributed by atoms with Crippen molar-refractivity contribution in [3.05, 3.63) is 35.1 Å². The van der Waals surface area contributed by atoms with E-state index in [1.165, 1.54) is 0 Å². The Balaban J connectivity index is 1.73. The maximum Gasteiger partial charge on any atom is 0.314 e. The Bertz CT molecular complexity index is 523. The summed E-state index contributed by atoms with van der Waals surface area (Å²) in [4.78, 5) is 11.6. The Kier molecular flexibility index (Phi) is 5.28. The number of nitrogens with one attached hydrogen (secondary N) is 2. The van der Waals surface area contributed by atoms with Gasteiger partial charge in [-0.2, -0.15) is 0 Å². The van der Waals surface area contributed by atoms with Crippen LogP contribution in [0.1, 0.15) is 31.2 Å². The number of carbonyl (C=O) groups excluding carboxylic acids is 1. The molecule has 0 heterocycles. The highest BCUT2D eigenvalue weighted by atomic mass is 19.2. The third-order valence-electron chi connectivity index (χ3n) is 3.86. The molecule has 1 aromatic carbocycles. The SMILES string of the molecule is O=C(NCCc1cc(F)c(F)c(F)c1)NCC1(O)CCCC1. The fourth-order valence-electron chi connectivity index (χ4n) is 2.59. The molecule has 0 radical (unpaired) electrons. The van der Waals surface area contributed by atoms with Crippen molar-refractivity contribution in [1.29, 1.82) is 0 Å². The van der Waals surface area contributed by atoms with E-state index in [9.17, 15) is 23.1 Å². The van der Waals surface area contributed by atoms with Gasteiger partial charge >= 0.3 is 6.03 Å². The zero-order valence-electron chi connectivity index (χ0n) is 12.1. The van der Waals surface area contributed by atoms with Crippen molar-refractivity contribution in [2.45, 2.75) is 37.7 Å². The van der Waals surface area contributed by atoms with E-state index in [-0.39, 0.29) is 25.1 Å². The van der Waals surface area contributed by atoms with Crippen LogP contribution in [0.2, 0.25) is 0 Å². The highest BCUT2D eigenvalue weighted by Crippen LogP contribution is 2.28. The second-order valence-electron chi connectivity index (χ2n) is 5.66. The van der Waals surface area contributed by atoms with Gasteiger partial charge in [-0.05, 0) is 37.0 Å². The summed E-state index contributed by atoms with van der Waals surface area (Å²) in [5.41, 5.74) is -0.577. The molecule has 1 aliphatic rings. The minimum atomic E-state index is -1.50. The molecule has 0 aliphatic heterocycles. The first-order valence-corrected chi connectivity index (χ1v) is 7.27. The summed E-state index contributed by atoms with van der Waals surface area (Å²) in [5, 5.41) is 15.2. The fraction of sp³-hybridized carbons (Fsp3) is 0.533. The lowest BCUT2D eigenvalue weighted by Gasteiger charge is -2.22. The first kappa shape index (κ1) is 16.6. The van der Waals surface area contributed by atoms with Crippen molar-refractivity contribution >= 4 is 6.03 Å². The minimum Gasteiger partial charge on any atom is -0.388 e. The number of urea groups is 1. The number of rotatable bonds is 5. The second kappa shape index (κ2) is 7.00. The summed E-state index contributed by atoms with van der Waals surface area (Å²) in [6, 6.07) is 1.35. The van der Waals surface area contributed by atoms with Gasteiger partial charge in [0.05, 0.1) is 5.60 Å². The van der Waals surface area contributed by atoms with Crippen molar-refractivity contribution in [2.24, 2.45) is 0 Å². The van der Waals surface area contributed by atoms with Gasteiger partial charge < -0.3 is 15.7 Å². The van der Waals surface area contributed by atoms with Gasteiger partial charge in [0.15, 0.2) is 17.5 Å². The molecular formula is C15H19F3N2O2. The average molecular weight is 316 g/mol. The molecule has 1 aliphatic carbocycles. The van der Waals surface area contributed by atoms with Crippen molar-refractivity contribution in [3.63, 3.8) is 0 Å². The lowest BCUT2D eigenvalue weighted by molar-refractivity contribution is 0.0501.